The fraction of sp³-hybridized carbons (Fsp3) is 0.611. The Balaban J connectivity index is 1.71. The second kappa shape index (κ2) is 6.04. The zero-order chi connectivity index (χ0) is 15.8. The average Bonchev–Trinajstić information content (AvgIpc) is 3.03. The summed E-state index contributed by atoms with van der Waals surface area (Å²) in [4.78, 5) is 13.6. The number of rotatable bonds is 5. The van der Waals surface area contributed by atoms with Crippen LogP contribution in [-0.4, -0.2) is 45.8 Å². The van der Waals surface area contributed by atoms with Crippen molar-refractivity contribution in [1.29, 1.82) is 0 Å². The van der Waals surface area contributed by atoms with Crippen molar-refractivity contribution < 1.29 is 4.79 Å². The van der Waals surface area contributed by atoms with E-state index in [4.69, 9.17) is 0 Å². The number of hydrogen-bond donors (Lipinski definition) is 0. The first-order valence-electron chi connectivity index (χ1n) is 8.82. The normalized spacial score (nSPS) is 28.1. The van der Waals surface area contributed by atoms with E-state index in [0.717, 1.165) is 36.1 Å². The second-order valence-corrected chi connectivity index (χ2v) is 7.06. The van der Waals surface area contributed by atoms with E-state index in [1.807, 2.05) is 18.2 Å². The van der Waals surface area contributed by atoms with Crippen LogP contribution in [0.25, 0.3) is 11.0 Å². The highest BCUT2D eigenvalue weighted by atomic mass is 16.1. The van der Waals surface area contributed by atoms with Gasteiger partial charge in [0.1, 0.15) is 11.8 Å². The summed E-state index contributed by atoms with van der Waals surface area (Å²) in [6, 6.07) is 6.13. The number of aromatic nitrogens is 3. The predicted octanol–water partition coefficient (Wildman–Crippen LogP) is 2.93. The van der Waals surface area contributed by atoms with Crippen molar-refractivity contribution >= 4 is 17.3 Å². The third-order valence-corrected chi connectivity index (χ3v) is 5.73. The van der Waals surface area contributed by atoms with Crippen LogP contribution in [0.2, 0.25) is 0 Å². The van der Waals surface area contributed by atoms with Crippen LogP contribution in [0, 0.1) is 11.8 Å². The van der Waals surface area contributed by atoms with Crippen LogP contribution >= 0.6 is 0 Å². The van der Waals surface area contributed by atoms with E-state index in [9.17, 15) is 4.79 Å². The quantitative estimate of drug-likeness (QED) is 0.797. The van der Waals surface area contributed by atoms with Gasteiger partial charge in [-0.25, -0.2) is 4.68 Å². The molecule has 23 heavy (non-hydrogen) atoms. The van der Waals surface area contributed by atoms with Crippen molar-refractivity contribution in [3.8, 4) is 0 Å². The zero-order valence-electron chi connectivity index (χ0n) is 13.7. The van der Waals surface area contributed by atoms with Gasteiger partial charge in [-0.1, -0.05) is 18.6 Å². The fourth-order valence-electron chi connectivity index (χ4n) is 4.54. The number of benzene rings is 1. The molecule has 4 heterocycles. The number of aldehydes is 1. The minimum Gasteiger partial charge on any atom is -0.303 e. The minimum absolute atomic E-state index is 0.417. The molecule has 5 nitrogen and oxygen atoms in total. The summed E-state index contributed by atoms with van der Waals surface area (Å²) in [5.74, 6) is 1.50. The molecule has 1 aromatic carbocycles. The lowest BCUT2D eigenvalue weighted by Gasteiger charge is -2.47. The van der Waals surface area contributed by atoms with E-state index in [1.165, 1.54) is 32.5 Å². The van der Waals surface area contributed by atoms with Gasteiger partial charge >= 0.3 is 0 Å². The van der Waals surface area contributed by atoms with Gasteiger partial charge in [-0.15, -0.1) is 5.10 Å². The van der Waals surface area contributed by atoms with Crippen LogP contribution in [0.3, 0.4) is 0 Å². The second-order valence-electron chi connectivity index (χ2n) is 7.06. The van der Waals surface area contributed by atoms with Crippen LogP contribution in [0.5, 0.6) is 0 Å². The number of hydrogen-bond acceptors (Lipinski definition) is 4. The number of carbonyl (C=O) groups excluding carboxylic acids is 1. The highest BCUT2D eigenvalue weighted by molar-refractivity contribution is 5.84. The molecule has 0 amide bonds. The Morgan fingerprint density at radius 2 is 2.17 bits per heavy atom. The summed E-state index contributed by atoms with van der Waals surface area (Å²) in [5.41, 5.74) is 2.56. The zero-order valence-corrected chi connectivity index (χ0v) is 13.7. The van der Waals surface area contributed by atoms with Gasteiger partial charge in [0, 0.05) is 12.1 Å². The molecule has 0 spiro atoms. The van der Waals surface area contributed by atoms with E-state index in [2.05, 4.69) is 26.8 Å². The average molecular weight is 312 g/mol. The molecule has 2 bridgehead atoms. The van der Waals surface area contributed by atoms with Gasteiger partial charge < -0.3 is 4.90 Å². The van der Waals surface area contributed by atoms with Gasteiger partial charge in [-0.2, -0.15) is 0 Å². The third-order valence-electron chi connectivity index (χ3n) is 5.73. The maximum atomic E-state index is 11.0. The highest BCUT2D eigenvalue weighted by Gasteiger charge is 2.39. The maximum absolute atomic E-state index is 11.0. The van der Waals surface area contributed by atoms with E-state index in [0.29, 0.717) is 17.5 Å². The van der Waals surface area contributed by atoms with Crippen LogP contribution in [0.15, 0.2) is 18.2 Å². The fourth-order valence-corrected chi connectivity index (χ4v) is 4.54. The molecule has 0 saturated carbocycles. The van der Waals surface area contributed by atoms with Gasteiger partial charge in [-0.3, -0.25) is 4.79 Å². The summed E-state index contributed by atoms with van der Waals surface area (Å²) in [7, 11) is 0. The number of piperidine rings is 3. The van der Waals surface area contributed by atoms with Crippen LogP contribution in [0.1, 0.15) is 49.0 Å². The van der Waals surface area contributed by atoms with E-state index in [1.54, 1.807) is 0 Å². The van der Waals surface area contributed by atoms with Crippen molar-refractivity contribution in [2.24, 2.45) is 11.8 Å². The molecule has 0 aliphatic carbocycles. The molecule has 5 rings (SSSR count). The molecule has 3 aliphatic heterocycles. The monoisotopic (exact) mass is 312 g/mol. The summed E-state index contributed by atoms with van der Waals surface area (Å²) in [6.07, 6.45) is 5.82. The number of carbonyl (C=O) groups is 1. The Hall–Kier alpha value is -1.75. The van der Waals surface area contributed by atoms with Gasteiger partial charge in [0.15, 0.2) is 0 Å². The van der Waals surface area contributed by atoms with Gasteiger partial charge in [0.2, 0.25) is 0 Å². The first kappa shape index (κ1) is 14.8. The van der Waals surface area contributed by atoms with Crippen molar-refractivity contribution in [2.45, 2.75) is 38.6 Å². The van der Waals surface area contributed by atoms with Crippen molar-refractivity contribution in [1.82, 2.24) is 19.9 Å². The van der Waals surface area contributed by atoms with Crippen LogP contribution in [0.4, 0.5) is 0 Å². The Kier molecular flexibility index (Phi) is 3.89. The van der Waals surface area contributed by atoms with Crippen molar-refractivity contribution in [3.05, 3.63) is 23.8 Å². The number of fused-ring (bicyclic) bond motifs is 4. The molecule has 0 radical (unpaired) electrons. The highest BCUT2D eigenvalue weighted by Crippen LogP contribution is 2.41. The Morgan fingerprint density at radius 3 is 2.83 bits per heavy atom. The Morgan fingerprint density at radius 1 is 1.35 bits per heavy atom. The summed E-state index contributed by atoms with van der Waals surface area (Å²) >= 11 is 0. The van der Waals surface area contributed by atoms with Gasteiger partial charge in [-0.05, 0) is 62.4 Å². The lowest BCUT2D eigenvalue weighted by atomic mass is 9.74. The summed E-state index contributed by atoms with van der Waals surface area (Å²) < 4.78 is 2.14. The molecular weight excluding hydrogens is 288 g/mol. The summed E-state index contributed by atoms with van der Waals surface area (Å²) in [6.45, 7) is 5.97. The molecule has 3 saturated heterocycles. The first-order valence-corrected chi connectivity index (χ1v) is 8.82. The maximum Gasteiger partial charge on any atom is 0.150 e. The van der Waals surface area contributed by atoms with E-state index >= 15 is 0 Å². The van der Waals surface area contributed by atoms with Gasteiger partial charge in [0.25, 0.3) is 0 Å². The molecule has 3 fully saturated rings. The largest absolute Gasteiger partial charge is 0.303 e. The molecule has 1 aromatic heterocycles. The molecule has 0 N–H and O–H groups in total. The third kappa shape index (κ3) is 2.57. The molecule has 5 heteroatoms. The molecule has 2 atom stereocenters. The Labute approximate surface area is 136 Å². The van der Waals surface area contributed by atoms with E-state index in [-0.39, 0.29) is 0 Å². The standard InChI is InChI=1S/C18H24N4O/c1-2-3-17(15-11-21-8-6-14(15)7-9-21)22-18-5-4-13(12-23)10-16(18)19-20-22/h4-5,10,12,14-15,17H,2-3,6-9,11H2,1H3/t15-,17?/m0/s1. The van der Waals surface area contributed by atoms with Crippen molar-refractivity contribution in [3.63, 3.8) is 0 Å². The lowest BCUT2D eigenvalue weighted by molar-refractivity contribution is 0.0179. The molecule has 2 aromatic rings. The summed E-state index contributed by atoms with van der Waals surface area (Å²) in [5, 5.41) is 8.81. The Bertz CT molecular complexity index is 702. The first-order chi connectivity index (χ1) is 11.3. The van der Waals surface area contributed by atoms with Crippen molar-refractivity contribution in [2.75, 3.05) is 19.6 Å². The molecule has 122 valence electrons. The smallest absolute Gasteiger partial charge is 0.150 e. The minimum atomic E-state index is 0.417. The molecular formula is C18H24N4O. The molecule has 3 aliphatic rings. The van der Waals surface area contributed by atoms with Crippen LogP contribution in [-0.2, 0) is 0 Å². The lowest BCUT2D eigenvalue weighted by Crippen LogP contribution is -2.50. The molecule has 1 unspecified atom stereocenters. The predicted molar refractivity (Wildman–Crippen MR) is 89.5 cm³/mol. The van der Waals surface area contributed by atoms with Gasteiger partial charge in [0.05, 0.1) is 11.6 Å². The van der Waals surface area contributed by atoms with E-state index < -0.39 is 0 Å². The van der Waals surface area contributed by atoms with Crippen LogP contribution < -0.4 is 0 Å². The SMILES string of the molecule is CCCC([C@H]1CN2CCC1CC2)n1nnc2cc(C=O)ccc21. The number of nitrogens with zero attached hydrogens (tertiary/aromatic N) is 4. The topological polar surface area (TPSA) is 51.0 Å².